The lowest BCUT2D eigenvalue weighted by molar-refractivity contribution is 0.0948. The Kier molecular flexibility index (Phi) is 1.88. The first-order valence-electron chi connectivity index (χ1n) is 3.97. The van der Waals surface area contributed by atoms with Gasteiger partial charge in [-0.1, -0.05) is 0 Å². The quantitative estimate of drug-likeness (QED) is 0.670. The number of ketones is 1. The highest BCUT2D eigenvalue weighted by Crippen LogP contribution is 2.21. The van der Waals surface area contributed by atoms with Gasteiger partial charge >= 0.3 is 0 Å². The number of carbonyl (C=O) groups excluding carboxylic acids is 2. The lowest BCUT2D eigenvalue weighted by Gasteiger charge is -2.09. The first-order valence-corrected chi connectivity index (χ1v) is 4.79. The molecule has 0 fully saturated rings. The van der Waals surface area contributed by atoms with Crippen molar-refractivity contribution in [3.8, 4) is 0 Å². The van der Waals surface area contributed by atoms with Crippen LogP contribution in [0.4, 0.5) is 0 Å². The summed E-state index contributed by atoms with van der Waals surface area (Å²) in [5, 5.41) is 3.14. The third kappa shape index (κ3) is 1.35. The van der Waals surface area contributed by atoms with Gasteiger partial charge in [-0.2, -0.15) is 0 Å². The molecule has 0 bridgehead atoms. The van der Waals surface area contributed by atoms with E-state index in [0.29, 0.717) is 16.4 Å². The summed E-state index contributed by atoms with van der Waals surface area (Å²) in [5.41, 5.74) is 0.763. The zero-order chi connectivity index (χ0) is 9.42. The second-order valence-corrected chi connectivity index (χ2v) is 3.86. The molecule has 1 aliphatic rings. The van der Waals surface area contributed by atoms with Crippen molar-refractivity contribution in [3.05, 3.63) is 15.6 Å². The van der Waals surface area contributed by atoms with E-state index in [-0.39, 0.29) is 11.7 Å². The SMILES string of the molecule is CC(=O)c1nc2c(s1)C(=O)NCC2. The maximum Gasteiger partial charge on any atom is 0.263 e. The molecule has 4 nitrogen and oxygen atoms in total. The molecule has 2 rings (SSSR count). The minimum Gasteiger partial charge on any atom is -0.351 e. The van der Waals surface area contributed by atoms with E-state index in [9.17, 15) is 9.59 Å². The average Bonchev–Trinajstić information content (AvgIpc) is 2.49. The fraction of sp³-hybridized carbons (Fsp3) is 0.375. The minimum atomic E-state index is -0.105. The van der Waals surface area contributed by atoms with E-state index in [1.807, 2.05) is 0 Å². The Morgan fingerprint density at radius 3 is 3.00 bits per heavy atom. The molecule has 1 aliphatic heterocycles. The lowest BCUT2D eigenvalue weighted by atomic mass is 10.2. The summed E-state index contributed by atoms with van der Waals surface area (Å²) in [6.07, 6.45) is 0.727. The van der Waals surface area contributed by atoms with Crippen LogP contribution in [0.25, 0.3) is 0 Å². The Hall–Kier alpha value is -1.23. The van der Waals surface area contributed by atoms with Crippen molar-refractivity contribution < 1.29 is 9.59 Å². The van der Waals surface area contributed by atoms with Gasteiger partial charge < -0.3 is 5.32 Å². The van der Waals surface area contributed by atoms with Crippen LogP contribution in [-0.2, 0) is 6.42 Å². The van der Waals surface area contributed by atoms with Crippen molar-refractivity contribution in [1.82, 2.24) is 10.3 Å². The normalized spacial score (nSPS) is 15.0. The summed E-state index contributed by atoms with van der Waals surface area (Å²) < 4.78 is 0. The zero-order valence-electron chi connectivity index (χ0n) is 7.09. The first-order chi connectivity index (χ1) is 6.18. The zero-order valence-corrected chi connectivity index (χ0v) is 7.90. The van der Waals surface area contributed by atoms with Crippen molar-refractivity contribution >= 4 is 23.0 Å². The Labute approximate surface area is 79.0 Å². The van der Waals surface area contributed by atoms with E-state index in [1.165, 1.54) is 18.3 Å². The van der Waals surface area contributed by atoms with Crippen molar-refractivity contribution in [2.24, 2.45) is 0 Å². The molecule has 1 aromatic rings. The van der Waals surface area contributed by atoms with Gasteiger partial charge in [0.25, 0.3) is 5.91 Å². The van der Waals surface area contributed by atoms with Gasteiger partial charge in [-0.3, -0.25) is 9.59 Å². The molecule has 1 aromatic heterocycles. The molecule has 5 heteroatoms. The Morgan fingerprint density at radius 2 is 2.38 bits per heavy atom. The van der Waals surface area contributed by atoms with Crippen LogP contribution in [-0.4, -0.2) is 23.2 Å². The maximum atomic E-state index is 11.3. The second kappa shape index (κ2) is 2.92. The van der Waals surface area contributed by atoms with Crippen molar-refractivity contribution in [1.29, 1.82) is 0 Å². The number of amides is 1. The number of carbonyl (C=O) groups is 2. The molecule has 13 heavy (non-hydrogen) atoms. The number of aromatic nitrogens is 1. The molecule has 0 radical (unpaired) electrons. The maximum absolute atomic E-state index is 11.3. The van der Waals surface area contributed by atoms with Crippen LogP contribution in [0, 0.1) is 0 Å². The molecule has 1 N–H and O–H groups in total. The Bertz CT molecular complexity index is 383. The van der Waals surface area contributed by atoms with E-state index in [2.05, 4.69) is 10.3 Å². The fourth-order valence-electron chi connectivity index (χ4n) is 1.22. The lowest BCUT2D eigenvalue weighted by Crippen LogP contribution is -2.30. The number of hydrogen-bond acceptors (Lipinski definition) is 4. The number of fused-ring (bicyclic) bond motifs is 1. The van der Waals surface area contributed by atoms with Gasteiger partial charge in [0, 0.05) is 19.9 Å². The molecule has 0 unspecified atom stereocenters. The van der Waals surface area contributed by atoms with Gasteiger partial charge in [-0.25, -0.2) is 4.98 Å². The largest absolute Gasteiger partial charge is 0.351 e. The monoisotopic (exact) mass is 196 g/mol. The van der Waals surface area contributed by atoms with Gasteiger partial charge in [0.15, 0.2) is 10.8 Å². The number of nitrogens with one attached hydrogen (secondary N) is 1. The first kappa shape index (κ1) is 8.37. The summed E-state index contributed by atoms with van der Waals surface area (Å²) in [6.45, 7) is 2.08. The van der Waals surface area contributed by atoms with Crippen molar-refractivity contribution in [2.75, 3.05) is 6.54 Å². The van der Waals surface area contributed by atoms with Crippen LogP contribution in [0.5, 0.6) is 0 Å². The van der Waals surface area contributed by atoms with E-state index < -0.39 is 0 Å². The van der Waals surface area contributed by atoms with Gasteiger partial charge in [0.2, 0.25) is 0 Å². The van der Waals surface area contributed by atoms with E-state index in [1.54, 1.807) is 0 Å². The molecule has 0 aromatic carbocycles. The van der Waals surface area contributed by atoms with E-state index in [0.717, 1.165) is 12.1 Å². The van der Waals surface area contributed by atoms with E-state index in [4.69, 9.17) is 0 Å². The number of Topliss-reactive ketones (excluding diaryl/α,β-unsaturated/α-hetero) is 1. The summed E-state index contributed by atoms with van der Waals surface area (Å²) in [7, 11) is 0. The highest BCUT2D eigenvalue weighted by Gasteiger charge is 2.22. The van der Waals surface area contributed by atoms with Crippen LogP contribution < -0.4 is 5.32 Å². The molecule has 68 valence electrons. The summed E-state index contributed by atoms with van der Waals surface area (Å²) in [6, 6.07) is 0. The molecule has 0 aliphatic carbocycles. The molecule has 0 saturated heterocycles. The smallest absolute Gasteiger partial charge is 0.263 e. The van der Waals surface area contributed by atoms with Gasteiger partial charge in [-0.05, 0) is 0 Å². The second-order valence-electron chi connectivity index (χ2n) is 2.86. The highest BCUT2D eigenvalue weighted by atomic mass is 32.1. The minimum absolute atomic E-state index is 0.0767. The van der Waals surface area contributed by atoms with E-state index >= 15 is 0 Å². The Balaban J connectivity index is 2.48. The number of thiazole rings is 1. The Morgan fingerprint density at radius 1 is 1.62 bits per heavy atom. The fourth-order valence-corrected chi connectivity index (χ4v) is 2.15. The highest BCUT2D eigenvalue weighted by molar-refractivity contribution is 7.15. The molecule has 0 saturated carbocycles. The molecule has 1 amide bonds. The third-order valence-electron chi connectivity index (χ3n) is 1.85. The van der Waals surface area contributed by atoms with Crippen LogP contribution >= 0.6 is 11.3 Å². The summed E-state index contributed by atoms with van der Waals surface area (Å²) in [5.74, 6) is -0.182. The molecular weight excluding hydrogens is 188 g/mol. The summed E-state index contributed by atoms with van der Waals surface area (Å²) in [4.78, 5) is 27.0. The number of nitrogens with zero attached hydrogens (tertiary/aromatic N) is 1. The molecule has 2 heterocycles. The van der Waals surface area contributed by atoms with Crippen molar-refractivity contribution in [3.63, 3.8) is 0 Å². The van der Waals surface area contributed by atoms with Crippen LogP contribution in [0.1, 0.15) is 32.1 Å². The van der Waals surface area contributed by atoms with Crippen molar-refractivity contribution in [2.45, 2.75) is 13.3 Å². The number of rotatable bonds is 1. The molecule has 0 spiro atoms. The van der Waals surface area contributed by atoms with Gasteiger partial charge in [-0.15, -0.1) is 11.3 Å². The standard InChI is InChI=1S/C8H8N2O2S/c1-4(11)8-10-5-2-3-9-7(12)6(5)13-8/h2-3H2,1H3,(H,9,12). The van der Waals surface area contributed by atoms with Gasteiger partial charge in [0.05, 0.1) is 5.69 Å². The molecule has 0 atom stereocenters. The van der Waals surface area contributed by atoms with Crippen LogP contribution in [0.2, 0.25) is 0 Å². The van der Waals surface area contributed by atoms with Crippen LogP contribution in [0.15, 0.2) is 0 Å². The predicted octanol–water partition coefficient (Wildman–Crippen LogP) is 0.632. The topological polar surface area (TPSA) is 59.1 Å². The predicted molar refractivity (Wildman–Crippen MR) is 48.2 cm³/mol. The van der Waals surface area contributed by atoms with Gasteiger partial charge in [0.1, 0.15) is 4.88 Å². The van der Waals surface area contributed by atoms with Crippen LogP contribution in [0.3, 0.4) is 0 Å². The molecular formula is C8H8N2O2S. The average molecular weight is 196 g/mol. The number of hydrogen-bond donors (Lipinski definition) is 1. The third-order valence-corrected chi connectivity index (χ3v) is 3.05. The summed E-state index contributed by atoms with van der Waals surface area (Å²) >= 11 is 1.18.